The number of hydrogen-bond acceptors (Lipinski definition) is 5. The van der Waals surface area contributed by atoms with Crippen LogP contribution in [0.2, 0.25) is 0 Å². The van der Waals surface area contributed by atoms with E-state index in [0.29, 0.717) is 12.1 Å². The van der Waals surface area contributed by atoms with E-state index in [4.69, 9.17) is 4.74 Å². The van der Waals surface area contributed by atoms with Crippen LogP contribution in [-0.4, -0.2) is 65.0 Å². The average molecular weight is 428 g/mol. The van der Waals surface area contributed by atoms with Crippen molar-refractivity contribution in [3.8, 4) is 16.8 Å². The van der Waals surface area contributed by atoms with E-state index in [0.717, 1.165) is 60.6 Å². The van der Waals surface area contributed by atoms with Crippen LogP contribution in [0.25, 0.3) is 27.7 Å². The number of pyridine rings is 1. The third kappa shape index (κ3) is 4.39. The zero-order valence-corrected chi connectivity index (χ0v) is 17.8. The van der Waals surface area contributed by atoms with Crippen LogP contribution in [0.15, 0.2) is 73.2 Å². The molecule has 0 saturated carbocycles. The molecule has 5 rings (SSSR count). The maximum Gasteiger partial charge on any atom is 0.251 e. The first-order chi connectivity index (χ1) is 15.8. The van der Waals surface area contributed by atoms with Crippen molar-refractivity contribution in [1.82, 2.24) is 25.0 Å². The Morgan fingerprint density at radius 1 is 1.00 bits per heavy atom. The third-order valence-corrected chi connectivity index (χ3v) is 5.74. The maximum absolute atomic E-state index is 12.7. The molecule has 1 aliphatic heterocycles. The first kappa shape index (κ1) is 20.4. The average Bonchev–Trinajstić information content (AvgIpc) is 3.29. The van der Waals surface area contributed by atoms with Crippen LogP contribution >= 0.6 is 0 Å². The van der Waals surface area contributed by atoms with Crippen molar-refractivity contribution >= 4 is 16.8 Å². The number of benzene rings is 2. The van der Waals surface area contributed by atoms with Gasteiger partial charge in [-0.3, -0.25) is 14.7 Å². The lowest BCUT2D eigenvalue weighted by Crippen LogP contribution is -2.41. The number of hydrogen-bond donors (Lipinski definition) is 1. The van der Waals surface area contributed by atoms with Crippen molar-refractivity contribution in [3.05, 3.63) is 78.8 Å². The van der Waals surface area contributed by atoms with Gasteiger partial charge in [0.15, 0.2) is 0 Å². The van der Waals surface area contributed by atoms with Gasteiger partial charge in [0.05, 0.1) is 30.6 Å². The molecule has 1 saturated heterocycles. The standard InChI is InChI=1S/C25H25N5O2/c31-25(27-9-10-29-11-13-32-14-12-29)20-3-1-5-23(15-20)30-24-16-19(6-7-22(24)18-28-30)21-4-2-8-26-17-21/h1-8,15-18H,9-14H2,(H,27,31). The SMILES string of the molecule is O=C(NCCN1CCOCC1)c1cccc(-n2ncc3ccc(-c4cccnc4)cc32)c1. The number of fused-ring (bicyclic) bond motifs is 1. The molecule has 1 N–H and O–H groups in total. The molecule has 1 amide bonds. The number of carbonyl (C=O) groups excluding carboxylic acids is 1. The summed E-state index contributed by atoms with van der Waals surface area (Å²) in [4.78, 5) is 19.2. The summed E-state index contributed by atoms with van der Waals surface area (Å²) in [6.45, 7) is 4.79. The van der Waals surface area contributed by atoms with Crippen LogP contribution in [0, 0.1) is 0 Å². The van der Waals surface area contributed by atoms with Gasteiger partial charge in [-0.1, -0.05) is 24.3 Å². The predicted molar refractivity (Wildman–Crippen MR) is 124 cm³/mol. The zero-order valence-electron chi connectivity index (χ0n) is 17.8. The van der Waals surface area contributed by atoms with E-state index in [2.05, 4.69) is 38.5 Å². The number of rotatable bonds is 6. The van der Waals surface area contributed by atoms with Crippen LogP contribution < -0.4 is 5.32 Å². The van der Waals surface area contributed by atoms with Gasteiger partial charge in [-0.05, 0) is 35.9 Å². The quantitative estimate of drug-likeness (QED) is 0.512. The first-order valence-electron chi connectivity index (χ1n) is 10.8. The number of nitrogens with zero attached hydrogens (tertiary/aromatic N) is 4. The fraction of sp³-hybridized carbons (Fsp3) is 0.240. The van der Waals surface area contributed by atoms with Gasteiger partial charge in [0.1, 0.15) is 0 Å². The summed E-state index contributed by atoms with van der Waals surface area (Å²) in [7, 11) is 0. The highest BCUT2D eigenvalue weighted by Gasteiger charge is 2.13. The molecular weight excluding hydrogens is 402 g/mol. The van der Waals surface area contributed by atoms with E-state index < -0.39 is 0 Å². The van der Waals surface area contributed by atoms with E-state index in [-0.39, 0.29) is 5.91 Å². The van der Waals surface area contributed by atoms with Gasteiger partial charge in [-0.25, -0.2) is 4.68 Å². The molecule has 7 heteroatoms. The van der Waals surface area contributed by atoms with E-state index >= 15 is 0 Å². The largest absolute Gasteiger partial charge is 0.379 e. The normalized spacial score (nSPS) is 14.5. The van der Waals surface area contributed by atoms with Crippen LogP contribution in [0.3, 0.4) is 0 Å². The molecule has 162 valence electrons. The van der Waals surface area contributed by atoms with Crippen molar-refractivity contribution in [2.45, 2.75) is 0 Å². The Morgan fingerprint density at radius 2 is 1.91 bits per heavy atom. The molecule has 2 aromatic carbocycles. The highest BCUT2D eigenvalue weighted by Crippen LogP contribution is 2.25. The summed E-state index contributed by atoms with van der Waals surface area (Å²) in [5.41, 5.74) is 4.58. The van der Waals surface area contributed by atoms with Crippen molar-refractivity contribution in [3.63, 3.8) is 0 Å². The highest BCUT2D eigenvalue weighted by atomic mass is 16.5. The summed E-state index contributed by atoms with van der Waals surface area (Å²) >= 11 is 0. The fourth-order valence-corrected chi connectivity index (χ4v) is 3.97. The molecular formula is C25H25N5O2. The van der Waals surface area contributed by atoms with E-state index in [1.807, 2.05) is 53.5 Å². The molecule has 0 aliphatic carbocycles. The number of carbonyl (C=O) groups is 1. The maximum atomic E-state index is 12.7. The predicted octanol–water partition coefficient (Wildman–Crippen LogP) is 3.15. The molecule has 3 heterocycles. The van der Waals surface area contributed by atoms with Crippen molar-refractivity contribution < 1.29 is 9.53 Å². The molecule has 0 atom stereocenters. The molecule has 7 nitrogen and oxygen atoms in total. The number of nitrogens with one attached hydrogen (secondary N) is 1. The lowest BCUT2D eigenvalue weighted by molar-refractivity contribution is 0.0383. The van der Waals surface area contributed by atoms with Crippen LogP contribution in [0.5, 0.6) is 0 Å². The lowest BCUT2D eigenvalue weighted by atomic mass is 10.1. The Balaban J connectivity index is 1.35. The molecule has 0 radical (unpaired) electrons. The Kier molecular flexibility index (Phi) is 5.91. The molecule has 1 aliphatic rings. The number of morpholine rings is 1. The minimum absolute atomic E-state index is 0.0763. The lowest BCUT2D eigenvalue weighted by Gasteiger charge is -2.26. The Hall–Kier alpha value is -3.55. The van der Waals surface area contributed by atoms with E-state index in [9.17, 15) is 4.79 Å². The molecule has 1 fully saturated rings. The van der Waals surface area contributed by atoms with Crippen molar-refractivity contribution in [2.24, 2.45) is 0 Å². The number of ether oxygens (including phenoxy) is 1. The van der Waals surface area contributed by atoms with E-state index in [1.165, 1.54) is 0 Å². The van der Waals surface area contributed by atoms with Gasteiger partial charge in [0.25, 0.3) is 5.91 Å². The van der Waals surface area contributed by atoms with Gasteiger partial charge in [-0.2, -0.15) is 5.10 Å². The minimum Gasteiger partial charge on any atom is -0.379 e. The molecule has 2 aromatic heterocycles. The van der Waals surface area contributed by atoms with Gasteiger partial charge >= 0.3 is 0 Å². The summed E-state index contributed by atoms with van der Waals surface area (Å²) in [6, 6.07) is 17.8. The highest BCUT2D eigenvalue weighted by molar-refractivity contribution is 5.95. The summed E-state index contributed by atoms with van der Waals surface area (Å²) < 4.78 is 7.24. The number of aromatic nitrogens is 3. The molecule has 4 aromatic rings. The van der Waals surface area contributed by atoms with Crippen LogP contribution in [-0.2, 0) is 4.74 Å². The summed E-state index contributed by atoms with van der Waals surface area (Å²) in [5.74, 6) is -0.0763. The van der Waals surface area contributed by atoms with Crippen LogP contribution in [0.4, 0.5) is 0 Å². The smallest absolute Gasteiger partial charge is 0.251 e. The van der Waals surface area contributed by atoms with Gasteiger partial charge in [-0.15, -0.1) is 0 Å². The van der Waals surface area contributed by atoms with Gasteiger partial charge in [0.2, 0.25) is 0 Å². The second kappa shape index (κ2) is 9.30. The molecule has 0 bridgehead atoms. The van der Waals surface area contributed by atoms with Crippen molar-refractivity contribution in [2.75, 3.05) is 39.4 Å². The van der Waals surface area contributed by atoms with Gasteiger partial charge < -0.3 is 10.1 Å². The van der Waals surface area contributed by atoms with Gasteiger partial charge in [0, 0.05) is 55.1 Å². The second-order valence-electron chi connectivity index (χ2n) is 7.83. The Morgan fingerprint density at radius 3 is 2.75 bits per heavy atom. The summed E-state index contributed by atoms with van der Waals surface area (Å²) in [6.07, 6.45) is 5.46. The monoisotopic (exact) mass is 427 g/mol. The molecule has 32 heavy (non-hydrogen) atoms. The zero-order chi connectivity index (χ0) is 21.8. The topological polar surface area (TPSA) is 72.3 Å². The Labute approximate surface area is 186 Å². The van der Waals surface area contributed by atoms with Crippen LogP contribution in [0.1, 0.15) is 10.4 Å². The Bertz CT molecular complexity index is 1220. The fourth-order valence-electron chi connectivity index (χ4n) is 3.97. The third-order valence-electron chi connectivity index (χ3n) is 5.74. The summed E-state index contributed by atoms with van der Waals surface area (Å²) in [5, 5.41) is 8.64. The molecule has 0 spiro atoms. The first-order valence-corrected chi connectivity index (χ1v) is 10.8. The molecule has 0 unspecified atom stereocenters. The second-order valence-corrected chi connectivity index (χ2v) is 7.83. The van der Waals surface area contributed by atoms with E-state index in [1.54, 1.807) is 6.20 Å². The minimum atomic E-state index is -0.0763. The number of amides is 1. The van der Waals surface area contributed by atoms with Crippen molar-refractivity contribution in [1.29, 1.82) is 0 Å².